The Morgan fingerprint density at radius 3 is 2.64 bits per heavy atom. The number of aromatic nitrogens is 2. The molecule has 1 aliphatic heterocycles. The third-order valence-corrected chi connectivity index (χ3v) is 3.84. The zero-order valence-electron chi connectivity index (χ0n) is 12.7. The first kappa shape index (κ1) is 14.7. The lowest BCUT2D eigenvalue weighted by Gasteiger charge is -2.27. The van der Waals surface area contributed by atoms with Crippen LogP contribution >= 0.6 is 0 Å². The Hall–Kier alpha value is -2.21. The fourth-order valence-corrected chi connectivity index (χ4v) is 2.56. The Morgan fingerprint density at radius 1 is 1.27 bits per heavy atom. The quantitative estimate of drug-likeness (QED) is 0.924. The number of aryl methyl sites for hydroxylation is 2. The molecule has 0 saturated carbocycles. The van der Waals surface area contributed by atoms with Crippen molar-refractivity contribution in [2.24, 2.45) is 0 Å². The van der Waals surface area contributed by atoms with Gasteiger partial charge in [-0.1, -0.05) is 29.4 Å². The van der Waals surface area contributed by atoms with Crippen LogP contribution in [0.3, 0.4) is 0 Å². The summed E-state index contributed by atoms with van der Waals surface area (Å²) in [5.41, 5.74) is 2.07. The van der Waals surface area contributed by atoms with Crippen LogP contribution in [0.4, 0.5) is 0 Å². The van der Waals surface area contributed by atoms with Crippen LogP contribution in [0.5, 0.6) is 0 Å². The second-order valence-corrected chi connectivity index (χ2v) is 5.46. The first-order valence-electron chi connectivity index (χ1n) is 7.60. The molecule has 1 fully saturated rings. The number of carbonyl (C=O) groups excluding carboxylic acids is 1. The number of hydrogen-bond donors (Lipinski definition) is 1. The molecular weight excluding hydrogens is 280 g/mol. The number of carbonyl (C=O) groups is 1. The number of rotatable bonds is 4. The van der Waals surface area contributed by atoms with Gasteiger partial charge in [-0.2, -0.15) is 4.98 Å². The van der Waals surface area contributed by atoms with Crippen molar-refractivity contribution in [3.8, 4) is 11.4 Å². The first-order valence-corrected chi connectivity index (χ1v) is 7.60. The highest BCUT2D eigenvalue weighted by Crippen LogP contribution is 2.17. The molecule has 1 aromatic carbocycles. The van der Waals surface area contributed by atoms with Gasteiger partial charge in [-0.05, 0) is 12.0 Å². The summed E-state index contributed by atoms with van der Waals surface area (Å²) in [6, 6.07) is 7.97. The Kier molecular flexibility index (Phi) is 4.48. The van der Waals surface area contributed by atoms with Crippen LogP contribution in [0.15, 0.2) is 28.8 Å². The third-order valence-electron chi connectivity index (χ3n) is 3.84. The van der Waals surface area contributed by atoms with Gasteiger partial charge >= 0.3 is 0 Å². The second kappa shape index (κ2) is 6.70. The summed E-state index contributed by atoms with van der Waals surface area (Å²) < 4.78 is 4.98. The SMILES string of the molecule is Cc1nc(-c2ccc(CCC(=O)N3CCNCC3)cc2)no1. The average molecular weight is 300 g/mol. The highest BCUT2D eigenvalue weighted by Gasteiger charge is 2.15. The molecule has 0 unspecified atom stereocenters. The zero-order valence-corrected chi connectivity index (χ0v) is 12.7. The monoisotopic (exact) mass is 300 g/mol. The van der Waals surface area contributed by atoms with Crippen molar-refractivity contribution in [3.63, 3.8) is 0 Å². The molecule has 1 amide bonds. The van der Waals surface area contributed by atoms with Crippen molar-refractivity contribution in [2.45, 2.75) is 19.8 Å². The summed E-state index contributed by atoms with van der Waals surface area (Å²) in [5, 5.41) is 7.15. The number of amides is 1. The molecule has 0 radical (unpaired) electrons. The summed E-state index contributed by atoms with van der Waals surface area (Å²) in [6.07, 6.45) is 1.31. The Morgan fingerprint density at radius 2 is 2.00 bits per heavy atom. The van der Waals surface area contributed by atoms with Crippen LogP contribution in [0, 0.1) is 6.92 Å². The van der Waals surface area contributed by atoms with Crippen molar-refractivity contribution in [2.75, 3.05) is 26.2 Å². The lowest BCUT2D eigenvalue weighted by molar-refractivity contribution is -0.131. The van der Waals surface area contributed by atoms with E-state index in [4.69, 9.17) is 4.52 Å². The first-order chi connectivity index (χ1) is 10.7. The number of hydrogen-bond acceptors (Lipinski definition) is 5. The van der Waals surface area contributed by atoms with E-state index in [0.717, 1.165) is 43.7 Å². The lowest BCUT2D eigenvalue weighted by Crippen LogP contribution is -2.46. The van der Waals surface area contributed by atoms with E-state index in [9.17, 15) is 4.79 Å². The molecule has 1 saturated heterocycles. The van der Waals surface area contributed by atoms with Crippen molar-refractivity contribution >= 4 is 5.91 Å². The van der Waals surface area contributed by atoms with Crippen LogP contribution in [0.25, 0.3) is 11.4 Å². The predicted molar refractivity (Wildman–Crippen MR) is 82.2 cm³/mol. The molecule has 3 rings (SSSR count). The van der Waals surface area contributed by atoms with Crippen LogP contribution in [0.1, 0.15) is 17.9 Å². The second-order valence-electron chi connectivity index (χ2n) is 5.46. The maximum absolute atomic E-state index is 12.1. The van der Waals surface area contributed by atoms with Crippen LogP contribution in [-0.4, -0.2) is 47.1 Å². The van der Waals surface area contributed by atoms with Gasteiger partial charge in [-0.3, -0.25) is 4.79 Å². The normalized spacial score (nSPS) is 15.0. The number of nitrogens with one attached hydrogen (secondary N) is 1. The summed E-state index contributed by atoms with van der Waals surface area (Å²) in [6.45, 7) is 5.19. The molecule has 6 heteroatoms. The average Bonchev–Trinajstić information content (AvgIpc) is 3.00. The van der Waals surface area contributed by atoms with Gasteiger partial charge in [0.25, 0.3) is 0 Å². The van der Waals surface area contributed by atoms with Gasteiger partial charge in [0.15, 0.2) is 0 Å². The molecular formula is C16H20N4O2. The van der Waals surface area contributed by atoms with E-state index >= 15 is 0 Å². The topological polar surface area (TPSA) is 71.3 Å². The van der Waals surface area contributed by atoms with Gasteiger partial charge in [-0.25, -0.2) is 0 Å². The molecule has 22 heavy (non-hydrogen) atoms. The van der Waals surface area contributed by atoms with E-state index in [2.05, 4.69) is 15.5 Å². The highest BCUT2D eigenvalue weighted by atomic mass is 16.5. The third kappa shape index (κ3) is 3.51. The minimum absolute atomic E-state index is 0.236. The van der Waals surface area contributed by atoms with Gasteiger partial charge in [-0.15, -0.1) is 0 Å². The summed E-state index contributed by atoms with van der Waals surface area (Å²) in [7, 11) is 0. The maximum Gasteiger partial charge on any atom is 0.223 e. The Labute approximate surface area is 129 Å². The van der Waals surface area contributed by atoms with Gasteiger partial charge in [0, 0.05) is 45.1 Å². The molecule has 6 nitrogen and oxygen atoms in total. The predicted octanol–water partition coefficient (Wildman–Crippen LogP) is 1.41. The molecule has 116 valence electrons. The molecule has 0 aliphatic carbocycles. The minimum Gasteiger partial charge on any atom is -0.340 e. The van der Waals surface area contributed by atoms with E-state index in [-0.39, 0.29) is 5.91 Å². The van der Waals surface area contributed by atoms with Gasteiger partial charge in [0.1, 0.15) is 0 Å². The maximum atomic E-state index is 12.1. The molecule has 2 aromatic rings. The largest absolute Gasteiger partial charge is 0.340 e. The van der Waals surface area contributed by atoms with E-state index in [1.54, 1.807) is 6.92 Å². The van der Waals surface area contributed by atoms with Crippen LogP contribution in [-0.2, 0) is 11.2 Å². The fraction of sp³-hybridized carbons (Fsp3) is 0.438. The van der Waals surface area contributed by atoms with Gasteiger partial charge < -0.3 is 14.7 Å². The molecule has 0 spiro atoms. The van der Waals surface area contributed by atoms with E-state index in [1.165, 1.54) is 0 Å². The van der Waals surface area contributed by atoms with Crippen LogP contribution < -0.4 is 5.32 Å². The van der Waals surface area contributed by atoms with Gasteiger partial charge in [0.05, 0.1) is 0 Å². The highest BCUT2D eigenvalue weighted by molar-refractivity contribution is 5.76. The summed E-state index contributed by atoms with van der Waals surface area (Å²) in [4.78, 5) is 18.3. The van der Waals surface area contributed by atoms with Crippen molar-refractivity contribution in [1.29, 1.82) is 0 Å². The lowest BCUT2D eigenvalue weighted by atomic mass is 10.1. The van der Waals surface area contributed by atoms with Gasteiger partial charge in [0.2, 0.25) is 17.6 Å². The summed E-state index contributed by atoms with van der Waals surface area (Å²) >= 11 is 0. The smallest absolute Gasteiger partial charge is 0.223 e. The number of benzene rings is 1. The molecule has 0 bridgehead atoms. The number of piperazine rings is 1. The molecule has 1 aliphatic rings. The van der Waals surface area contributed by atoms with E-state index in [1.807, 2.05) is 29.2 Å². The minimum atomic E-state index is 0.236. The molecule has 2 heterocycles. The van der Waals surface area contributed by atoms with Crippen molar-refractivity contribution in [1.82, 2.24) is 20.4 Å². The summed E-state index contributed by atoms with van der Waals surface area (Å²) in [5.74, 6) is 1.39. The zero-order chi connectivity index (χ0) is 15.4. The van der Waals surface area contributed by atoms with E-state index in [0.29, 0.717) is 18.1 Å². The molecule has 1 aromatic heterocycles. The van der Waals surface area contributed by atoms with Crippen molar-refractivity contribution < 1.29 is 9.32 Å². The molecule has 0 atom stereocenters. The van der Waals surface area contributed by atoms with E-state index < -0.39 is 0 Å². The van der Waals surface area contributed by atoms with Crippen LogP contribution in [0.2, 0.25) is 0 Å². The van der Waals surface area contributed by atoms with Crippen molar-refractivity contribution in [3.05, 3.63) is 35.7 Å². The fourth-order valence-electron chi connectivity index (χ4n) is 2.56. The Balaban J connectivity index is 1.56. The Bertz CT molecular complexity index is 630. The number of nitrogens with zero attached hydrogens (tertiary/aromatic N) is 3. The standard InChI is InChI=1S/C16H20N4O2/c1-12-18-16(19-22-12)14-5-2-13(3-6-14)4-7-15(21)20-10-8-17-9-11-20/h2-3,5-6,17H,4,7-11H2,1H3. The molecule has 1 N–H and O–H groups in total.